The standard InChI is InChI=1S/C60H36N4/c1-3-17-37(18-4-1)39-31-33-49(43-23-9-7-21-41(39)43)63-51-29-15-35-61-57(51)55-47-27-13-12-26-46(47)54-53(59(55)63)45-25-11-14-28-48(45)56-58-52(30-16-36-62-58)64(60(54)56)50-34-32-40(38-19-5-2-6-20-38)42-22-8-10-24-44(42)50/h1-36H. The number of fused-ring (bicyclic) bond motifs is 17. The molecule has 10 aromatic carbocycles. The van der Waals surface area contributed by atoms with E-state index in [1.54, 1.807) is 0 Å². The van der Waals surface area contributed by atoms with Gasteiger partial charge in [-0.3, -0.25) is 9.97 Å². The second-order valence-corrected chi connectivity index (χ2v) is 16.8. The van der Waals surface area contributed by atoms with Crippen molar-refractivity contribution in [3.63, 3.8) is 0 Å². The van der Waals surface area contributed by atoms with Gasteiger partial charge in [0.25, 0.3) is 0 Å². The molecular weight excluding hydrogens is 777 g/mol. The average Bonchev–Trinajstić information content (AvgIpc) is 3.90. The highest BCUT2D eigenvalue weighted by Gasteiger charge is 2.28. The van der Waals surface area contributed by atoms with E-state index in [2.05, 4.69) is 215 Å². The molecule has 0 N–H and O–H groups in total. The van der Waals surface area contributed by atoms with Crippen LogP contribution < -0.4 is 0 Å². The van der Waals surface area contributed by atoms with Crippen LogP contribution in [0.3, 0.4) is 0 Å². The largest absolute Gasteiger partial charge is 0.306 e. The Morgan fingerprint density at radius 1 is 0.266 bits per heavy atom. The Balaban J connectivity index is 1.23. The number of pyridine rings is 2. The van der Waals surface area contributed by atoms with Gasteiger partial charge in [0, 0.05) is 44.7 Å². The Morgan fingerprint density at radius 3 is 1.02 bits per heavy atom. The van der Waals surface area contributed by atoms with Crippen molar-refractivity contribution in [3.05, 3.63) is 219 Å². The molecule has 0 aliphatic rings. The molecule has 4 aromatic heterocycles. The smallest absolute Gasteiger partial charge is 0.0969 e. The summed E-state index contributed by atoms with van der Waals surface area (Å²) in [6, 6.07) is 75.0. The van der Waals surface area contributed by atoms with Crippen molar-refractivity contribution in [3.8, 4) is 33.6 Å². The molecule has 0 aliphatic carbocycles. The van der Waals surface area contributed by atoms with Crippen molar-refractivity contribution in [2.24, 2.45) is 0 Å². The molecule has 4 heteroatoms. The van der Waals surface area contributed by atoms with Crippen LogP contribution in [-0.2, 0) is 0 Å². The number of hydrogen-bond acceptors (Lipinski definition) is 2. The lowest BCUT2D eigenvalue weighted by Crippen LogP contribution is -2.00. The van der Waals surface area contributed by atoms with Gasteiger partial charge in [0.05, 0.1) is 44.5 Å². The molecule has 0 aliphatic heterocycles. The number of nitrogens with zero attached hydrogens (tertiary/aromatic N) is 4. The van der Waals surface area contributed by atoms with Crippen molar-refractivity contribution in [1.29, 1.82) is 0 Å². The molecule has 296 valence electrons. The molecule has 0 saturated carbocycles. The molecule has 0 amide bonds. The Labute approximate surface area is 367 Å². The average molecular weight is 813 g/mol. The van der Waals surface area contributed by atoms with Crippen LogP contribution in [-0.4, -0.2) is 19.1 Å². The van der Waals surface area contributed by atoms with E-state index in [-0.39, 0.29) is 0 Å². The summed E-state index contributed by atoms with van der Waals surface area (Å²) in [5.74, 6) is 0. The lowest BCUT2D eigenvalue weighted by molar-refractivity contribution is 1.19. The van der Waals surface area contributed by atoms with E-state index in [0.29, 0.717) is 0 Å². The maximum Gasteiger partial charge on any atom is 0.0969 e. The van der Waals surface area contributed by atoms with Crippen molar-refractivity contribution in [2.45, 2.75) is 0 Å². The summed E-state index contributed by atoms with van der Waals surface area (Å²) in [5.41, 5.74) is 13.5. The molecule has 0 fully saturated rings. The molecule has 64 heavy (non-hydrogen) atoms. The maximum atomic E-state index is 5.23. The summed E-state index contributed by atoms with van der Waals surface area (Å²) in [4.78, 5) is 10.5. The number of rotatable bonds is 4. The first kappa shape index (κ1) is 35.0. The van der Waals surface area contributed by atoms with Crippen LogP contribution in [0.5, 0.6) is 0 Å². The van der Waals surface area contributed by atoms with Gasteiger partial charge in [-0.25, -0.2) is 0 Å². The van der Waals surface area contributed by atoms with Gasteiger partial charge in [-0.15, -0.1) is 0 Å². The van der Waals surface area contributed by atoms with E-state index in [4.69, 9.17) is 9.97 Å². The summed E-state index contributed by atoms with van der Waals surface area (Å²) in [6.45, 7) is 0. The van der Waals surface area contributed by atoms with E-state index >= 15 is 0 Å². The third-order valence-corrected chi connectivity index (χ3v) is 13.6. The second kappa shape index (κ2) is 13.4. The minimum absolute atomic E-state index is 0.987. The fraction of sp³-hybridized carbons (Fsp3) is 0. The first-order valence-electron chi connectivity index (χ1n) is 21.9. The van der Waals surface area contributed by atoms with Crippen molar-refractivity contribution in [2.75, 3.05) is 0 Å². The zero-order valence-corrected chi connectivity index (χ0v) is 34.6. The normalized spacial score (nSPS) is 12.1. The van der Waals surface area contributed by atoms with Crippen molar-refractivity contribution >= 4 is 97.7 Å². The first-order valence-corrected chi connectivity index (χ1v) is 21.9. The van der Waals surface area contributed by atoms with E-state index in [1.165, 1.54) is 76.1 Å². The maximum absolute atomic E-state index is 5.23. The minimum Gasteiger partial charge on any atom is -0.306 e. The van der Waals surface area contributed by atoms with Gasteiger partial charge in [0.1, 0.15) is 0 Å². The Kier molecular flexibility index (Phi) is 7.36. The van der Waals surface area contributed by atoms with Gasteiger partial charge in [-0.2, -0.15) is 0 Å². The lowest BCUT2D eigenvalue weighted by Gasteiger charge is -2.19. The Hall–Kier alpha value is -8.60. The van der Waals surface area contributed by atoms with Crippen LogP contribution in [0.25, 0.3) is 131 Å². The van der Waals surface area contributed by atoms with Crippen LogP contribution in [0.4, 0.5) is 0 Å². The third-order valence-electron chi connectivity index (χ3n) is 13.6. The van der Waals surface area contributed by atoms with E-state index in [9.17, 15) is 0 Å². The summed E-state index contributed by atoms with van der Waals surface area (Å²) in [7, 11) is 0. The fourth-order valence-electron chi connectivity index (χ4n) is 11.0. The monoisotopic (exact) mass is 812 g/mol. The Bertz CT molecular complexity index is 3960. The second-order valence-electron chi connectivity index (χ2n) is 16.8. The highest BCUT2D eigenvalue weighted by atomic mass is 15.0. The zero-order valence-electron chi connectivity index (χ0n) is 34.6. The lowest BCUT2D eigenvalue weighted by atomic mass is 9.91. The predicted molar refractivity (Wildman–Crippen MR) is 269 cm³/mol. The third kappa shape index (κ3) is 4.77. The van der Waals surface area contributed by atoms with Crippen LogP contribution in [0.1, 0.15) is 0 Å². The molecule has 0 saturated heterocycles. The van der Waals surface area contributed by atoms with E-state index < -0.39 is 0 Å². The molecule has 14 aromatic rings. The topological polar surface area (TPSA) is 35.6 Å². The van der Waals surface area contributed by atoms with Crippen LogP contribution in [0.2, 0.25) is 0 Å². The van der Waals surface area contributed by atoms with Crippen LogP contribution in [0, 0.1) is 0 Å². The summed E-state index contributed by atoms with van der Waals surface area (Å²) >= 11 is 0. The minimum atomic E-state index is 0.987. The Morgan fingerprint density at radius 2 is 0.609 bits per heavy atom. The van der Waals surface area contributed by atoms with Gasteiger partial charge >= 0.3 is 0 Å². The molecular formula is C60H36N4. The first-order chi connectivity index (χ1) is 31.8. The molecule has 4 nitrogen and oxygen atoms in total. The summed E-state index contributed by atoms with van der Waals surface area (Å²) in [6.07, 6.45) is 3.88. The quantitative estimate of drug-likeness (QED) is 0.166. The summed E-state index contributed by atoms with van der Waals surface area (Å²) in [5, 5.41) is 14.2. The van der Waals surface area contributed by atoms with E-state index in [1.807, 2.05) is 12.4 Å². The molecule has 0 bridgehead atoms. The number of benzene rings is 10. The number of hydrogen-bond donors (Lipinski definition) is 0. The molecule has 0 atom stereocenters. The highest BCUT2D eigenvalue weighted by molar-refractivity contribution is 6.44. The SMILES string of the molecule is c1ccc(-c2ccc(-n3c4cccnc4c4c5ccccc5c5c(c6ccccc6c6c7ncccc7n(-c7ccc(-c8ccccc8)c8ccccc78)c65)c43)c3ccccc23)cc1. The molecule has 14 rings (SSSR count). The van der Waals surface area contributed by atoms with Crippen LogP contribution >= 0.6 is 0 Å². The zero-order chi connectivity index (χ0) is 41.9. The van der Waals surface area contributed by atoms with Gasteiger partial charge in [0.15, 0.2) is 0 Å². The van der Waals surface area contributed by atoms with Gasteiger partial charge < -0.3 is 9.13 Å². The fourth-order valence-corrected chi connectivity index (χ4v) is 11.0. The molecule has 0 radical (unpaired) electrons. The van der Waals surface area contributed by atoms with Crippen molar-refractivity contribution in [1.82, 2.24) is 19.1 Å². The highest BCUT2D eigenvalue weighted by Crippen LogP contribution is 2.51. The van der Waals surface area contributed by atoms with Crippen molar-refractivity contribution < 1.29 is 0 Å². The van der Waals surface area contributed by atoms with E-state index in [0.717, 1.165) is 55.2 Å². The molecule has 0 spiro atoms. The van der Waals surface area contributed by atoms with Gasteiger partial charge in [0.2, 0.25) is 0 Å². The van der Waals surface area contributed by atoms with Gasteiger partial charge in [-0.05, 0) is 91.0 Å². The van der Waals surface area contributed by atoms with Gasteiger partial charge in [-0.1, -0.05) is 170 Å². The predicted octanol–water partition coefficient (Wildman–Crippen LogP) is 15.8. The molecule has 0 unspecified atom stereocenters. The summed E-state index contributed by atoms with van der Waals surface area (Å²) < 4.78 is 5.02. The molecule has 4 heterocycles. The number of aromatic nitrogens is 4. The van der Waals surface area contributed by atoms with Crippen LogP contribution in [0.15, 0.2) is 219 Å².